The van der Waals surface area contributed by atoms with Gasteiger partial charge in [0, 0.05) is 6.54 Å². The standard InChI is InChI=1S/C7H12NO/c1-6-3-2-4-8-7(6)5-9/h5-7H,2-4H2,1H3. The number of nitrogens with zero attached hydrogens (tertiary/aromatic N) is 1. The fraction of sp³-hybridized carbons (Fsp3) is 0.857. The van der Waals surface area contributed by atoms with Crippen LogP contribution in [0.2, 0.25) is 0 Å². The predicted octanol–water partition coefficient (Wildman–Crippen LogP) is 0.588. The molecule has 0 aliphatic carbocycles. The first kappa shape index (κ1) is 6.75. The number of carbonyl (C=O) groups excluding carboxylic acids is 1. The number of rotatable bonds is 1. The molecule has 2 nitrogen and oxygen atoms in total. The smallest absolute Gasteiger partial charge is 0.138 e. The summed E-state index contributed by atoms with van der Waals surface area (Å²) < 4.78 is 0. The maximum absolute atomic E-state index is 10.3. The monoisotopic (exact) mass is 126 g/mol. The van der Waals surface area contributed by atoms with Crippen LogP contribution in [0.1, 0.15) is 19.8 Å². The van der Waals surface area contributed by atoms with Crippen LogP contribution >= 0.6 is 0 Å². The summed E-state index contributed by atoms with van der Waals surface area (Å²) in [5, 5.41) is 4.16. The van der Waals surface area contributed by atoms with Gasteiger partial charge in [0.25, 0.3) is 0 Å². The molecule has 0 amide bonds. The third-order valence-electron chi connectivity index (χ3n) is 1.88. The molecular formula is C7H12NO. The molecule has 1 saturated heterocycles. The van der Waals surface area contributed by atoms with Gasteiger partial charge in [0.15, 0.2) is 0 Å². The third-order valence-corrected chi connectivity index (χ3v) is 1.88. The van der Waals surface area contributed by atoms with E-state index < -0.39 is 0 Å². The molecule has 2 heteroatoms. The quantitative estimate of drug-likeness (QED) is 0.473. The van der Waals surface area contributed by atoms with Gasteiger partial charge in [-0.1, -0.05) is 6.92 Å². The van der Waals surface area contributed by atoms with Gasteiger partial charge in [-0.2, -0.15) is 0 Å². The summed E-state index contributed by atoms with van der Waals surface area (Å²) in [4.78, 5) is 10.3. The van der Waals surface area contributed by atoms with E-state index in [-0.39, 0.29) is 6.04 Å². The lowest BCUT2D eigenvalue weighted by atomic mass is 9.94. The molecular weight excluding hydrogens is 114 g/mol. The van der Waals surface area contributed by atoms with E-state index in [9.17, 15) is 4.79 Å². The molecule has 1 heterocycles. The molecule has 0 aromatic carbocycles. The van der Waals surface area contributed by atoms with Crippen molar-refractivity contribution in [1.29, 1.82) is 0 Å². The summed E-state index contributed by atoms with van der Waals surface area (Å²) in [5.41, 5.74) is 0. The van der Waals surface area contributed by atoms with Crippen molar-refractivity contribution in [2.45, 2.75) is 25.8 Å². The van der Waals surface area contributed by atoms with Crippen molar-refractivity contribution in [2.75, 3.05) is 6.54 Å². The van der Waals surface area contributed by atoms with Crippen molar-refractivity contribution in [1.82, 2.24) is 5.32 Å². The van der Waals surface area contributed by atoms with E-state index in [4.69, 9.17) is 0 Å². The average molecular weight is 126 g/mol. The topological polar surface area (TPSA) is 31.2 Å². The minimum absolute atomic E-state index is 0.00116. The summed E-state index contributed by atoms with van der Waals surface area (Å²) in [6, 6.07) is -0.00116. The molecule has 1 radical (unpaired) electrons. The van der Waals surface area contributed by atoms with Gasteiger partial charge in [0.2, 0.25) is 0 Å². The largest absolute Gasteiger partial charge is 0.302 e. The van der Waals surface area contributed by atoms with Crippen molar-refractivity contribution < 1.29 is 4.79 Å². The van der Waals surface area contributed by atoms with Gasteiger partial charge in [0.1, 0.15) is 6.29 Å². The normalized spacial score (nSPS) is 36.1. The molecule has 0 spiro atoms. The second kappa shape index (κ2) is 2.97. The zero-order valence-corrected chi connectivity index (χ0v) is 5.71. The van der Waals surface area contributed by atoms with Gasteiger partial charge in [-0.05, 0) is 18.8 Å². The van der Waals surface area contributed by atoms with Gasteiger partial charge < -0.3 is 4.79 Å². The molecule has 0 aromatic heterocycles. The second-order valence-electron chi connectivity index (χ2n) is 2.65. The fourth-order valence-corrected chi connectivity index (χ4v) is 1.18. The first-order chi connectivity index (χ1) is 4.34. The van der Waals surface area contributed by atoms with E-state index in [0.29, 0.717) is 5.92 Å². The highest BCUT2D eigenvalue weighted by molar-refractivity contribution is 5.58. The SMILES string of the molecule is CC1CCC[N]C1C=O. The zero-order valence-electron chi connectivity index (χ0n) is 5.71. The Balaban J connectivity index is 2.38. The Hall–Kier alpha value is -0.370. The van der Waals surface area contributed by atoms with Crippen LogP contribution in [0.5, 0.6) is 0 Å². The summed E-state index contributed by atoms with van der Waals surface area (Å²) in [6.07, 6.45) is 3.28. The predicted molar refractivity (Wildman–Crippen MR) is 35.3 cm³/mol. The van der Waals surface area contributed by atoms with Crippen molar-refractivity contribution in [3.63, 3.8) is 0 Å². The summed E-state index contributed by atoms with van der Waals surface area (Å²) >= 11 is 0. The van der Waals surface area contributed by atoms with Gasteiger partial charge in [-0.25, -0.2) is 5.32 Å². The first-order valence-corrected chi connectivity index (χ1v) is 3.46. The Kier molecular flexibility index (Phi) is 2.22. The highest BCUT2D eigenvalue weighted by Gasteiger charge is 2.20. The highest BCUT2D eigenvalue weighted by Crippen LogP contribution is 2.14. The summed E-state index contributed by atoms with van der Waals surface area (Å²) in [7, 11) is 0. The van der Waals surface area contributed by atoms with E-state index in [1.54, 1.807) is 0 Å². The highest BCUT2D eigenvalue weighted by atomic mass is 16.1. The molecule has 2 unspecified atom stereocenters. The van der Waals surface area contributed by atoms with E-state index in [1.807, 2.05) is 0 Å². The Morgan fingerprint density at radius 1 is 1.67 bits per heavy atom. The molecule has 1 fully saturated rings. The second-order valence-corrected chi connectivity index (χ2v) is 2.65. The molecule has 1 aliphatic heterocycles. The fourth-order valence-electron chi connectivity index (χ4n) is 1.18. The lowest BCUT2D eigenvalue weighted by Crippen LogP contribution is -2.35. The lowest BCUT2D eigenvalue weighted by Gasteiger charge is -2.23. The van der Waals surface area contributed by atoms with Crippen LogP contribution in [0.15, 0.2) is 0 Å². The lowest BCUT2D eigenvalue weighted by molar-refractivity contribution is -0.111. The van der Waals surface area contributed by atoms with Gasteiger partial charge in [-0.15, -0.1) is 0 Å². The number of aldehydes is 1. The third kappa shape index (κ3) is 1.52. The number of hydrogen-bond donors (Lipinski definition) is 0. The molecule has 0 bridgehead atoms. The van der Waals surface area contributed by atoms with Crippen LogP contribution in [-0.2, 0) is 4.79 Å². The molecule has 2 atom stereocenters. The van der Waals surface area contributed by atoms with E-state index >= 15 is 0 Å². The molecule has 1 aliphatic rings. The van der Waals surface area contributed by atoms with Crippen LogP contribution < -0.4 is 5.32 Å². The molecule has 9 heavy (non-hydrogen) atoms. The molecule has 51 valence electrons. The summed E-state index contributed by atoms with van der Waals surface area (Å²) in [6.45, 7) is 2.97. The minimum Gasteiger partial charge on any atom is -0.302 e. The van der Waals surface area contributed by atoms with Gasteiger partial charge in [-0.3, -0.25) is 0 Å². The maximum Gasteiger partial charge on any atom is 0.138 e. The number of carbonyl (C=O) groups is 1. The van der Waals surface area contributed by atoms with E-state index in [0.717, 1.165) is 25.7 Å². The summed E-state index contributed by atoms with van der Waals surface area (Å²) in [5.74, 6) is 0.483. The van der Waals surface area contributed by atoms with Crippen LogP contribution in [0, 0.1) is 5.92 Å². The molecule has 1 rings (SSSR count). The van der Waals surface area contributed by atoms with E-state index in [1.165, 1.54) is 0 Å². The van der Waals surface area contributed by atoms with Crippen LogP contribution in [0.25, 0.3) is 0 Å². The Morgan fingerprint density at radius 3 is 2.89 bits per heavy atom. The number of piperidine rings is 1. The number of hydrogen-bond acceptors (Lipinski definition) is 1. The van der Waals surface area contributed by atoms with Crippen molar-refractivity contribution in [3.05, 3.63) is 0 Å². The Labute approximate surface area is 55.6 Å². The van der Waals surface area contributed by atoms with Crippen molar-refractivity contribution in [2.24, 2.45) is 5.92 Å². The maximum atomic E-state index is 10.3. The van der Waals surface area contributed by atoms with Crippen LogP contribution in [0.3, 0.4) is 0 Å². The minimum atomic E-state index is -0.00116. The zero-order chi connectivity index (χ0) is 6.69. The Bertz CT molecular complexity index is 103. The molecule has 0 aromatic rings. The van der Waals surface area contributed by atoms with Crippen LogP contribution in [-0.4, -0.2) is 18.9 Å². The molecule has 0 saturated carbocycles. The molecule has 0 N–H and O–H groups in total. The van der Waals surface area contributed by atoms with Gasteiger partial charge in [0.05, 0.1) is 6.04 Å². The average Bonchev–Trinajstić information content (AvgIpc) is 1.89. The van der Waals surface area contributed by atoms with E-state index in [2.05, 4.69) is 12.2 Å². The van der Waals surface area contributed by atoms with Crippen molar-refractivity contribution in [3.8, 4) is 0 Å². The van der Waals surface area contributed by atoms with Crippen molar-refractivity contribution >= 4 is 6.29 Å². The van der Waals surface area contributed by atoms with Crippen LogP contribution in [0.4, 0.5) is 0 Å². The van der Waals surface area contributed by atoms with Gasteiger partial charge >= 0.3 is 0 Å². The Morgan fingerprint density at radius 2 is 2.44 bits per heavy atom. The first-order valence-electron chi connectivity index (χ1n) is 3.46.